The summed E-state index contributed by atoms with van der Waals surface area (Å²) in [5, 5.41) is 14.7. The fraction of sp³-hybridized carbons (Fsp3) is 0.200. The van der Waals surface area contributed by atoms with Crippen molar-refractivity contribution in [2.24, 2.45) is 20.5 Å². The van der Waals surface area contributed by atoms with Crippen molar-refractivity contribution in [3.05, 3.63) is 42.5 Å². The fourth-order valence-electron chi connectivity index (χ4n) is 3.78. The summed E-state index contributed by atoms with van der Waals surface area (Å²) in [6, 6.07) is 6.31. The first kappa shape index (κ1) is 40.2. The van der Waals surface area contributed by atoms with Crippen LogP contribution in [0.15, 0.2) is 87.4 Å². The van der Waals surface area contributed by atoms with Gasteiger partial charge in [-0.15, -0.1) is 20.5 Å². The van der Waals surface area contributed by atoms with Gasteiger partial charge in [-0.3, -0.25) is 18.5 Å². The number of nitrogens with zero attached hydrogens (tertiary/aromatic N) is 4. The second kappa shape index (κ2) is 16.2. The minimum atomic E-state index is -5.15. The number of nitrogens with two attached hydrogens (primary N) is 2. The second-order valence-electron chi connectivity index (χ2n) is 9.38. The lowest BCUT2D eigenvalue weighted by atomic mass is 10.2. The van der Waals surface area contributed by atoms with Crippen molar-refractivity contribution in [1.82, 2.24) is 0 Å². The van der Waals surface area contributed by atoms with Crippen LogP contribution in [0.4, 0.5) is 34.1 Å². The Morgan fingerprint density at radius 1 is 0.760 bits per heavy atom. The summed E-state index contributed by atoms with van der Waals surface area (Å²) in [6.45, 7) is 2.18. The van der Waals surface area contributed by atoms with Crippen molar-refractivity contribution in [3.8, 4) is 12.5 Å². The highest BCUT2D eigenvalue weighted by Crippen LogP contribution is 2.44. The Morgan fingerprint density at radius 3 is 1.90 bits per heavy atom. The molecule has 0 fully saturated rings. The van der Waals surface area contributed by atoms with Crippen LogP contribution >= 0.6 is 12.0 Å². The Bertz CT molecular complexity index is 2320. The summed E-state index contributed by atoms with van der Waals surface area (Å²) >= 11 is 0.470. The molecule has 0 saturated carbocycles. The summed E-state index contributed by atoms with van der Waals surface area (Å²) < 4.78 is 137. The van der Waals surface area contributed by atoms with E-state index in [1.165, 1.54) is 6.07 Å². The Kier molecular flexibility index (Phi) is 13.0. The molecule has 0 bridgehead atoms. The van der Waals surface area contributed by atoms with Gasteiger partial charge in [0.1, 0.15) is 37.4 Å². The highest BCUT2D eigenvalue weighted by Gasteiger charge is 2.25. The lowest BCUT2D eigenvalue weighted by Gasteiger charge is -2.11. The predicted molar refractivity (Wildman–Crippen MR) is 176 cm³/mol. The van der Waals surface area contributed by atoms with Crippen molar-refractivity contribution in [2.45, 2.75) is 37.8 Å². The summed E-state index contributed by atoms with van der Waals surface area (Å²) in [4.78, 5) is 0.959. The molecule has 0 aromatic heterocycles. The van der Waals surface area contributed by atoms with Gasteiger partial charge in [-0.1, -0.05) is 10.8 Å². The van der Waals surface area contributed by atoms with Gasteiger partial charge in [0.05, 0.1) is 34.1 Å². The van der Waals surface area contributed by atoms with Gasteiger partial charge in [0, 0.05) is 18.1 Å². The maximum atomic E-state index is 12.7. The number of nitrogen functional groups attached to an aromatic ring is 2. The number of benzene rings is 3. The van der Waals surface area contributed by atoms with Crippen molar-refractivity contribution in [3.63, 3.8) is 0 Å². The number of sulfone groups is 1. The van der Waals surface area contributed by atoms with Crippen LogP contribution in [-0.2, 0) is 54.1 Å². The Hall–Kier alpha value is -4.23. The average Bonchev–Trinajstić information content (AvgIpc) is 3.01. The van der Waals surface area contributed by atoms with Crippen molar-refractivity contribution in [1.29, 1.82) is 0 Å². The van der Waals surface area contributed by atoms with E-state index in [4.69, 9.17) is 22.6 Å². The molecular formula is C25H26N6O14S5. The van der Waals surface area contributed by atoms with Gasteiger partial charge < -0.3 is 16.2 Å². The van der Waals surface area contributed by atoms with E-state index in [0.29, 0.717) is 30.8 Å². The lowest BCUT2D eigenvalue weighted by molar-refractivity contribution is -0.113. The standard InChI is InChI=1S/C25H26N6O14S5/c1-3-43-10-5-11-47(32,33)16-7-9-18(21(13-16)49(37,38)39)29-31-25-23(26)19(14-22(24(25)27)50(40,41)42)30-28-17-8-6-15(46-45-44-4-2)12-20(17)48(34,35)36/h2,6-9,12-14H,3,5,10-11,26-27H2,1H3,(H,34,35,36)(H,37,38,39)(H,40,41,42). The topological polar surface area (TPSA) is 326 Å². The van der Waals surface area contributed by atoms with Gasteiger partial charge in [0.2, 0.25) is 0 Å². The molecule has 7 N–H and O–H groups in total. The molecule has 0 aliphatic heterocycles. The number of hydrogen-bond donors (Lipinski definition) is 5. The maximum absolute atomic E-state index is 12.7. The third-order valence-corrected chi connectivity index (χ3v) is 11.1. The van der Waals surface area contributed by atoms with Gasteiger partial charge in [0.15, 0.2) is 15.9 Å². The normalized spacial score (nSPS) is 12.8. The van der Waals surface area contributed by atoms with E-state index in [1.807, 2.05) is 0 Å². The fourth-order valence-corrected chi connectivity index (χ4v) is 7.61. The van der Waals surface area contributed by atoms with Gasteiger partial charge in [-0.05, 0) is 55.8 Å². The first-order valence-electron chi connectivity index (χ1n) is 13.2. The van der Waals surface area contributed by atoms with Crippen LogP contribution in [0.2, 0.25) is 0 Å². The third-order valence-electron chi connectivity index (χ3n) is 6.02. The van der Waals surface area contributed by atoms with Crippen LogP contribution in [0, 0.1) is 12.5 Å². The van der Waals surface area contributed by atoms with E-state index in [1.54, 1.807) is 13.0 Å². The van der Waals surface area contributed by atoms with E-state index in [-0.39, 0.29) is 17.9 Å². The third kappa shape index (κ3) is 10.4. The molecule has 20 nitrogen and oxygen atoms in total. The quantitative estimate of drug-likeness (QED) is 0.0198. The molecule has 0 aliphatic carbocycles. The zero-order valence-corrected chi connectivity index (χ0v) is 29.3. The Labute approximate surface area is 290 Å². The lowest BCUT2D eigenvalue weighted by Crippen LogP contribution is -2.10. The van der Waals surface area contributed by atoms with Gasteiger partial charge in [-0.2, -0.15) is 25.3 Å². The molecule has 270 valence electrons. The number of azo groups is 2. The van der Waals surface area contributed by atoms with Crippen LogP contribution in [0.25, 0.3) is 0 Å². The molecule has 3 aromatic rings. The molecule has 25 heteroatoms. The summed E-state index contributed by atoms with van der Waals surface area (Å²) in [5.74, 6) is -0.420. The number of ether oxygens (including phenoxy) is 1. The number of hydrogen-bond acceptors (Lipinski definition) is 18. The Balaban J connectivity index is 2.15. The minimum Gasteiger partial charge on any atom is -0.396 e. The van der Waals surface area contributed by atoms with E-state index in [0.717, 1.165) is 24.3 Å². The first-order valence-corrected chi connectivity index (χ1v) is 19.9. The van der Waals surface area contributed by atoms with E-state index in [2.05, 4.69) is 29.7 Å². The predicted octanol–water partition coefficient (Wildman–Crippen LogP) is 4.17. The van der Waals surface area contributed by atoms with Crippen molar-refractivity contribution in [2.75, 3.05) is 30.4 Å². The number of terminal acetylenes is 1. The van der Waals surface area contributed by atoms with Gasteiger partial charge >= 0.3 is 0 Å². The largest absolute Gasteiger partial charge is 0.396 e. The summed E-state index contributed by atoms with van der Waals surface area (Å²) in [5.41, 5.74) is 8.07. The number of rotatable bonds is 16. The zero-order valence-electron chi connectivity index (χ0n) is 25.3. The molecule has 0 radical (unpaired) electrons. The van der Waals surface area contributed by atoms with Crippen molar-refractivity contribution < 1.29 is 61.3 Å². The molecule has 0 amide bonds. The maximum Gasteiger partial charge on any atom is 0.296 e. The molecule has 3 rings (SSSR count). The first-order chi connectivity index (χ1) is 23.2. The summed E-state index contributed by atoms with van der Waals surface area (Å²) in [6.07, 6.45) is 6.66. The number of anilines is 2. The van der Waals surface area contributed by atoms with Gasteiger partial charge in [0.25, 0.3) is 30.4 Å². The van der Waals surface area contributed by atoms with E-state index >= 15 is 0 Å². The molecule has 0 heterocycles. The molecule has 0 saturated heterocycles. The molecule has 0 spiro atoms. The SMILES string of the molecule is C#COOSc1ccc(N=Nc2cc(S(=O)(=O)O)c(N)c(N=Nc3ccc(S(=O)(=O)CCCOCC)cc3S(=O)(=O)O)c2N)c(S(=O)(=O)O)c1. The monoisotopic (exact) mass is 794 g/mol. The van der Waals surface area contributed by atoms with Crippen molar-refractivity contribution >= 4 is 86.4 Å². The van der Waals surface area contributed by atoms with E-state index < -0.39 is 99.7 Å². The zero-order chi connectivity index (χ0) is 37.5. The molecular weight excluding hydrogens is 769 g/mol. The molecule has 0 atom stereocenters. The van der Waals surface area contributed by atoms with Crippen LogP contribution in [0.5, 0.6) is 0 Å². The molecule has 50 heavy (non-hydrogen) atoms. The molecule has 0 unspecified atom stereocenters. The average molecular weight is 795 g/mol. The second-order valence-corrected chi connectivity index (χ2v) is 16.4. The van der Waals surface area contributed by atoms with Crippen LogP contribution in [0.1, 0.15) is 13.3 Å². The van der Waals surface area contributed by atoms with E-state index in [9.17, 15) is 47.3 Å². The van der Waals surface area contributed by atoms with Crippen LogP contribution in [0.3, 0.4) is 0 Å². The highest BCUT2D eigenvalue weighted by molar-refractivity contribution is 7.94. The molecule has 3 aromatic carbocycles. The highest BCUT2D eigenvalue weighted by atomic mass is 32.2. The molecule has 0 aliphatic rings. The summed E-state index contributed by atoms with van der Waals surface area (Å²) in [7, 11) is -19.3. The Morgan fingerprint density at radius 2 is 1.32 bits per heavy atom. The smallest absolute Gasteiger partial charge is 0.296 e. The van der Waals surface area contributed by atoms with Crippen LogP contribution in [-0.4, -0.2) is 66.3 Å². The minimum absolute atomic E-state index is 0.0617. The van der Waals surface area contributed by atoms with Gasteiger partial charge in [-0.25, -0.2) is 8.42 Å². The van der Waals surface area contributed by atoms with Crippen LogP contribution < -0.4 is 11.5 Å².